The van der Waals surface area contributed by atoms with Crippen molar-refractivity contribution in [3.63, 3.8) is 0 Å². The second-order valence-corrected chi connectivity index (χ2v) is 11.1. The zero-order valence-electron chi connectivity index (χ0n) is 21.2. The molecule has 35 heavy (non-hydrogen) atoms. The van der Waals surface area contributed by atoms with Gasteiger partial charge in [0.1, 0.15) is 5.60 Å². The molecular weight excluding hydrogens is 454 g/mol. The predicted octanol–water partition coefficient (Wildman–Crippen LogP) is 6.72. The maximum Gasteiger partial charge on any atom is 0.303 e. The third-order valence-corrected chi connectivity index (χ3v) is 8.56. The van der Waals surface area contributed by atoms with Gasteiger partial charge in [-0.2, -0.15) is 11.8 Å². The van der Waals surface area contributed by atoms with Crippen molar-refractivity contribution in [3.8, 4) is 11.1 Å². The highest BCUT2D eigenvalue weighted by atomic mass is 32.2. The molecule has 1 saturated carbocycles. The lowest BCUT2D eigenvalue weighted by atomic mass is 9.83. The summed E-state index contributed by atoms with van der Waals surface area (Å²) < 4.78 is 6.95. The van der Waals surface area contributed by atoms with E-state index in [1.165, 1.54) is 39.3 Å². The quantitative estimate of drug-likeness (QED) is 0.372. The molecule has 2 aromatic carbocycles. The number of allylic oxidation sites excluding steroid dienone is 1. The van der Waals surface area contributed by atoms with E-state index in [0.29, 0.717) is 19.1 Å². The second-order valence-electron chi connectivity index (χ2n) is 9.86. The van der Waals surface area contributed by atoms with Crippen LogP contribution in [0.15, 0.2) is 60.2 Å². The van der Waals surface area contributed by atoms with E-state index >= 15 is 0 Å². The number of nitrogens with zero attached hydrogens (tertiary/aromatic N) is 1. The number of thioether (sulfide) groups is 1. The number of ether oxygens (including phenoxy) is 1. The number of carbonyl (C=O) groups is 1. The molecule has 4 rings (SSSR count). The van der Waals surface area contributed by atoms with Crippen molar-refractivity contribution in [2.45, 2.75) is 70.6 Å². The lowest BCUT2D eigenvalue weighted by Crippen LogP contribution is -2.54. The van der Waals surface area contributed by atoms with Crippen LogP contribution in [0.4, 0.5) is 0 Å². The lowest BCUT2D eigenvalue weighted by Gasteiger charge is -2.45. The highest BCUT2D eigenvalue weighted by Crippen LogP contribution is 2.45. The maximum absolute atomic E-state index is 11.2. The number of hydrogen-bond acceptors (Lipinski definition) is 4. The van der Waals surface area contributed by atoms with Crippen LogP contribution >= 0.6 is 11.8 Å². The fourth-order valence-electron chi connectivity index (χ4n) is 5.74. The van der Waals surface area contributed by atoms with Crippen molar-refractivity contribution in [2.24, 2.45) is 0 Å². The number of rotatable bonds is 10. The molecule has 2 fully saturated rings. The number of carboxylic acids is 1. The van der Waals surface area contributed by atoms with E-state index in [2.05, 4.69) is 73.4 Å². The molecule has 2 aromatic rings. The van der Waals surface area contributed by atoms with Gasteiger partial charge in [-0.1, -0.05) is 60.2 Å². The summed E-state index contributed by atoms with van der Waals surface area (Å²) in [6, 6.07) is 17.8. The van der Waals surface area contributed by atoms with Crippen LogP contribution in [0.3, 0.4) is 0 Å². The summed E-state index contributed by atoms with van der Waals surface area (Å²) >= 11 is 2.04. The van der Waals surface area contributed by atoms with Crippen LogP contribution in [0.25, 0.3) is 11.1 Å². The van der Waals surface area contributed by atoms with E-state index in [1.54, 1.807) is 0 Å². The Labute approximate surface area is 214 Å². The Hall–Kier alpha value is -2.08. The zero-order valence-corrected chi connectivity index (χ0v) is 22.0. The molecular formula is C30H39NO3S. The summed E-state index contributed by atoms with van der Waals surface area (Å²) in [4.78, 5) is 13.8. The third-order valence-electron chi connectivity index (χ3n) is 7.61. The van der Waals surface area contributed by atoms with E-state index < -0.39 is 5.97 Å². The average molecular weight is 494 g/mol. The molecule has 2 unspecified atom stereocenters. The number of carboxylic acid groups (broad SMARTS) is 1. The molecule has 0 aromatic heterocycles. The Kier molecular flexibility index (Phi) is 9.10. The first-order valence-corrected chi connectivity index (χ1v) is 14.2. The minimum atomic E-state index is -0.722. The van der Waals surface area contributed by atoms with Crippen molar-refractivity contribution in [1.82, 2.24) is 4.90 Å². The van der Waals surface area contributed by atoms with Crippen LogP contribution in [0.1, 0.15) is 56.6 Å². The van der Waals surface area contributed by atoms with E-state index in [1.807, 2.05) is 11.8 Å². The minimum Gasteiger partial charge on any atom is -0.481 e. The summed E-state index contributed by atoms with van der Waals surface area (Å²) in [6.45, 7) is 7.00. The van der Waals surface area contributed by atoms with Crippen LogP contribution in [0.5, 0.6) is 0 Å². The summed E-state index contributed by atoms with van der Waals surface area (Å²) in [5, 5.41) is 9.19. The zero-order chi connectivity index (χ0) is 24.7. The van der Waals surface area contributed by atoms with E-state index in [4.69, 9.17) is 4.74 Å². The number of aryl methyl sites for hydroxylation is 1. The predicted molar refractivity (Wildman–Crippen MR) is 146 cm³/mol. The Morgan fingerprint density at radius 1 is 1.09 bits per heavy atom. The average Bonchev–Trinajstić information content (AvgIpc) is 3.31. The largest absolute Gasteiger partial charge is 0.481 e. The Morgan fingerprint density at radius 3 is 2.37 bits per heavy atom. The molecule has 0 radical (unpaired) electrons. The van der Waals surface area contributed by atoms with Crippen LogP contribution in [0, 0.1) is 6.92 Å². The number of aliphatic carboxylic acids is 1. The first-order valence-electron chi connectivity index (χ1n) is 13.0. The fraction of sp³-hybridized carbons (Fsp3) is 0.500. The monoisotopic (exact) mass is 493 g/mol. The standard InChI is InChI=1S/C30H39NO3S/c1-3-27(6-4-8-29(32)33)30(17-5-7-28(30)31-18-20-35-21-19-31)34-22-24-11-15-26(16-12-24)25-13-9-23(2)10-14-25/h3,9-16,28H,4-8,17-22H2,1-2H3,(H,32,33). The Bertz CT molecular complexity index is 995. The smallest absolute Gasteiger partial charge is 0.303 e. The summed E-state index contributed by atoms with van der Waals surface area (Å²) in [5.41, 5.74) is 5.86. The molecule has 0 bridgehead atoms. The molecule has 4 nitrogen and oxygen atoms in total. The molecule has 2 aliphatic rings. The topological polar surface area (TPSA) is 49.8 Å². The summed E-state index contributed by atoms with van der Waals surface area (Å²) in [6.07, 6.45) is 7.17. The van der Waals surface area contributed by atoms with E-state index in [0.717, 1.165) is 38.8 Å². The second kappa shape index (κ2) is 12.2. The summed E-state index contributed by atoms with van der Waals surface area (Å²) in [7, 11) is 0. The maximum atomic E-state index is 11.2. The normalized spacial score (nSPS) is 23.5. The third kappa shape index (κ3) is 6.38. The molecule has 0 amide bonds. The van der Waals surface area contributed by atoms with Gasteiger partial charge in [-0.05, 0) is 68.2 Å². The van der Waals surface area contributed by atoms with Crippen molar-refractivity contribution >= 4 is 17.7 Å². The molecule has 1 N–H and O–H groups in total. The first-order chi connectivity index (χ1) is 17.0. The molecule has 1 saturated heterocycles. The highest BCUT2D eigenvalue weighted by Gasteiger charge is 2.49. The fourth-order valence-corrected chi connectivity index (χ4v) is 6.67. The molecule has 2 atom stereocenters. The van der Waals surface area contributed by atoms with Gasteiger partial charge in [0.2, 0.25) is 0 Å². The van der Waals surface area contributed by atoms with Crippen LogP contribution in [-0.2, 0) is 16.1 Å². The van der Waals surface area contributed by atoms with Gasteiger partial charge >= 0.3 is 5.97 Å². The molecule has 5 heteroatoms. The van der Waals surface area contributed by atoms with Crippen molar-refractivity contribution in [2.75, 3.05) is 24.6 Å². The van der Waals surface area contributed by atoms with Crippen molar-refractivity contribution in [1.29, 1.82) is 0 Å². The molecule has 0 spiro atoms. The van der Waals surface area contributed by atoms with E-state index in [9.17, 15) is 9.90 Å². The molecule has 1 aliphatic heterocycles. The van der Waals surface area contributed by atoms with Crippen LogP contribution in [0.2, 0.25) is 0 Å². The molecule has 1 heterocycles. The van der Waals surface area contributed by atoms with Gasteiger partial charge in [0.05, 0.1) is 6.61 Å². The van der Waals surface area contributed by atoms with Gasteiger partial charge < -0.3 is 9.84 Å². The Balaban J connectivity index is 1.53. The van der Waals surface area contributed by atoms with Crippen molar-refractivity contribution in [3.05, 3.63) is 71.3 Å². The molecule has 1 aliphatic carbocycles. The van der Waals surface area contributed by atoms with E-state index in [-0.39, 0.29) is 12.0 Å². The number of benzene rings is 2. The SMILES string of the molecule is CC=C(CCCC(=O)O)C1(OCc2ccc(-c3ccc(C)cc3)cc2)CCCC1N1CCSCC1. The van der Waals surface area contributed by atoms with Gasteiger partial charge in [0.15, 0.2) is 0 Å². The van der Waals surface area contributed by atoms with Crippen LogP contribution in [-0.4, -0.2) is 52.2 Å². The molecule has 188 valence electrons. The first kappa shape index (κ1) is 26.0. The number of hydrogen-bond donors (Lipinski definition) is 1. The van der Waals surface area contributed by atoms with Crippen molar-refractivity contribution < 1.29 is 14.6 Å². The van der Waals surface area contributed by atoms with Crippen LogP contribution < -0.4 is 0 Å². The van der Waals surface area contributed by atoms with Gasteiger partial charge in [0, 0.05) is 37.1 Å². The summed E-state index contributed by atoms with van der Waals surface area (Å²) in [5.74, 6) is 1.63. The van der Waals surface area contributed by atoms with Gasteiger partial charge in [-0.25, -0.2) is 0 Å². The van der Waals surface area contributed by atoms with Gasteiger partial charge in [0.25, 0.3) is 0 Å². The van der Waals surface area contributed by atoms with Gasteiger partial charge in [-0.15, -0.1) is 0 Å². The Morgan fingerprint density at radius 2 is 1.74 bits per heavy atom. The lowest BCUT2D eigenvalue weighted by molar-refractivity contribution is -0.137. The van der Waals surface area contributed by atoms with Gasteiger partial charge in [-0.3, -0.25) is 9.69 Å². The highest BCUT2D eigenvalue weighted by molar-refractivity contribution is 7.99. The minimum absolute atomic E-state index is 0.207.